The Morgan fingerprint density at radius 3 is 2.45 bits per heavy atom. The number of methoxy groups -OCH3 is 1. The van der Waals surface area contributed by atoms with Crippen LogP contribution in [0, 0.1) is 0 Å². The fourth-order valence-electron chi connectivity index (χ4n) is 0.407. The van der Waals surface area contributed by atoms with Crippen LogP contribution in [-0.2, 0) is 14.3 Å². The van der Waals surface area contributed by atoms with E-state index in [0.29, 0.717) is 0 Å². The molecule has 4 nitrogen and oxygen atoms in total. The lowest BCUT2D eigenvalue weighted by Gasteiger charge is -1.93. The summed E-state index contributed by atoms with van der Waals surface area (Å²) < 4.78 is 4.30. The number of carboxylic acids is 1. The number of hydrogen-bond donors (Lipinski definition) is 1. The van der Waals surface area contributed by atoms with Crippen molar-refractivity contribution in [2.24, 2.45) is 0 Å². The van der Waals surface area contributed by atoms with E-state index < -0.39 is 11.9 Å². The van der Waals surface area contributed by atoms with Crippen molar-refractivity contribution in [1.82, 2.24) is 0 Å². The van der Waals surface area contributed by atoms with Crippen LogP contribution in [0.5, 0.6) is 0 Å². The number of carboxylic acid groups (broad SMARTS) is 1. The van der Waals surface area contributed by atoms with E-state index in [1.54, 1.807) is 0 Å². The molecular formula is C7H10O4. The SMILES string of the molecule is COC(=O)CC=C(C)C(=O)O. The Kier molecular flexibility index (Phi) is 3.95. The number of carbonyl (C=O) groups is 2. The molecule has 0 aliphatic carbocycles. The van der Waals surface area contributed by atoms with Gasteiger partial charge in [0.1, 0.15) is 0 Å². The van der Waals surface area contributed by atoms with Gasteiger partial charge in [-0.3, -0.25) is 4.79 Å². The maximum atomic E-state index is 10.5. The molecule has 0 aliphatic heterocycles. The van der Waals surface area contributed by atoms with Crippen molar-refractivity contribution < 1.29 is 19.4 Å². The third kappa shape index (κ3) is 4.13. The molecule has 62 valence electrons. The van der Waals surface area contributed by atoms with Crippen molar-refractivity contribution in [3.8, 4) is 0 Å². The first-order chi connectivity index (χ1) is 5.07. The van der Waals surface area contributed by atoms with Gasteiger partial charge in [0, 0.05) is 5.57 Å². The molecule has 0 amide bonds. The second kappa shape index (κ2) is 4.49. The highest BCUT2D eigenvalue weighted by Crippen LogP contribution is 1.95. The smallest absolute Gasteiger partial charge is 0.330 e. The van der Waals surface area contributed by atoms with Gasteiger partial charge in [0.25, 0.3) is 0 Å². The molecule has 0 heterocycles. The number of ether oxygens (including phenoxy) is 1. The summed E-state index contributed by atoms with van der Waals surface area (Å²) in [6.45, 7) is 1.42. The summed E-state index contributed by atoms with van der Waals surface area (Å²) in [5.41, 5.74) is 0.149. The second-order valence-electron chi connectivity index (χ2n) is 1.97. The molecule has 1 N–H and O–H groups in total. The summed E-state index contributed by atoms with van der Waals surface area (Å²) >= 11 is 0. The largest absolute Gasteiger partial charge is 0.478 e. The molecule has 11 heavy (non-hydrogen) atoms. The van der Waals surface area contributed by atoms with E-state index in [1.165, 1.54) is 20.1 Å². The molecular weight excluding hydrogens is 148 g/mol. The number of hydrogen-bond acceptors (Lipinski definition) is 3. The topological polar surface area (TPSA) is 63.6 Å². The van der Waals surface area contributed by atoms with Crippen LogP contribution in [0.15, 0.2) is 11.6 Å². The van der Waals surface area contributed by atoms with Crippen LogP contribution in [0.1, 0.15) is 13.3 Å². The second-order valence-corrected chi connectivity index (χ2v) is 1.97. The van der Waals surface area contributed by atoms with Gasteiger partial charge in [-0.15, -0.1) is 0 Å². The van der Waals surface area contributed by atoms with Gasteiger partial charge < -0.3 is 9.84 Å². The Labute approximate surface area is 64.5 Å². The Morgan fingerprint density at radius 1 is 1.55 bits per heavy atom. The van der Waals surface area contributed by atoms with Gasteiger partial charge in [-0.2, -0.15) is 0 Å². The van der Waals surface area contributed by atoms with Gasteiger partial charge in [0.15, 0.2) is 0 Å². The van der Waals surface area contributed by atoms with Crippen LogP contribution < -0.4 is 0 Å². The van der Waals surface area contributed by atoms with Gasteiger partial charge in [-0.25, -0.2) is 4.79 Å². The first kappa shape index (κ1) is 9.68. The average Bonchev–Trinajstić information content (AvgIpc) is 1.99. The molecule has 4 heteroatoms. The maximum Gasteiger partial charge on any atom is 0.330 e. The first-order valence-electron chi connectivity index (χ1n) is 3.04. The zero-order valence-corrected chi connectivity index (χ0v) is 6.46. The van der Waals surface area contributed by atoms with Crippen LogP contribution >= 0.6 is 0 Å². The monoisotopic (exact) mass is 158 g/mol. The number of rotatable bonds is 3. The number of aliphatic carboxylic acids is 1. The normalized spacial score (nSPS) is 10.9. The summed E-state index contributed by atoms with van der Waals surface area (Å²) in [6.07, 6.45) is 1.32. The predicted molar refractivity (Wildman–Crippen MR) is 38.0 cm³/mol. The zero-order chi connectivity index (χ0) is 8.85. The van der Waals surface area contributed by atoms with Crippen LogP contribution in [0.25, 0.3) is 0 Å². The van der Waals surface area contributed by atoms with Crippen LogP contribution in [0.3, 0.4) is 0 Å². The van der Waals surface area contributed by atoms with E-state index in [9.17, 15) is 9.59 Å². The van der Waals surface area contributed by atoms with E-state index >= 15 is 0 Å². The highest BCUT2D eigenvalue weighted by Gasteiger charge is 2.01. The highest BCUT2D eigenvalue weighted by molar-refractivity contribution is 5.86. The third-order valence-corrected chi connectivity index (χ3v) is 1.14. The Bertz CT molecular complexity index is 193. The van der Waals surface area contributed by atoms with E-state index in [1.807, 2.05) is 0 Å². The van der Waals surface area contributed by atoms with E-state index in [4.69, 9.17) is 5.11 Å². The summed E-state index contributed by atoms with van der Waals surface area (Å²) in [5.74, 6) is -1.46. The van der Waals surface area contributed by atoms with E-state index in [-0.39, 0.29) is 12.0 Å². The zero-order valence-electron chi connectivity index (χ0n) is 6.46. The molecule has 0 aliphatic rings. The minimum absolute atomic E-state index is 0.00856. The fourth-order valence-corrected chi connectivity index (χ4v) is 0.407. The minimum atomic E-state index is -1.02. The lowest BCUT2D eigenvalue weighted by Crippen LogP contribution is -2.01. The third-order valence-electron chi connectivity index (χ3n) is 1.14. The predicted octanol–water partition coefficient (Wildman–Crippen LogP) is 0.580. The molecule has 0 aromatic carbocycles. The molecule has 0 aromatic rings. The molecule has 0 aromatic heterocycles. The first-order valence-corrected chi connectivity index (χ1v) is 3.04. The van der Waals surface area contributed by atoms with E-state index in [2.05, 4.69) is 4.74 Å². The molecule has 0 bridgehead atoms. The lowest BCUT2D eigenvalue weighted by atomic mass is 10.2. The highest BCUT2D eigenvalue weighted by atomic mass is 16.5. The van der Waals surface area contributed by atoms with E-state index in [0.717, 1.165) is 0 Å². The number of esters is 1. The lowest BCUT2D eigenvalue weighted by molar-refractivity contribution is -0.139. The Balaban J connectivity index is 3.92. The van der Waals surface area contributed by atoms with Gasteiger partial charge >= 0.3 is 11.9 Å². The molecule has 0 radical (unpaired) electrons. The minimum Gasteiger partial charge on any atom is -0.478 e. The van der Waals surface area contributed by atoms with Gasteiger partial charge in [-0.1, -0.05) is 6.08 Å². The van der Waals surface area contributed by atoms with Gasteiger partial charge in [0.05, 0.1) is 13.5 Å². The van der Waals surface area contributed by atoms with Crippen molar-refractivity contribution >= 4 is 11.9 Å². The van der Waals surface area contributed by atoms with Crippen molar-refractivity contribution in [2.45, 2.75) is 13.3 Å². The molecule has 0 fully saturated rings. The molecule has 0 atom stereocenters. The van der Waals surface area contributed by atoms with Gasteiger partial charge in [0.2, 0.25) is 0 Å². The molecule has 0 saturated heterocycles. The molecule has 0 unspecified atom stereocenters. The van der Waals surface area contributed by atoms with Crippen molar-refractivity contribution in [3.05, 3.63) is 11.6 Å². The maximum absolute atomic E-state index is 10.5. The average molecular weight is 158 g/mol. The number of carbonyl (C=O) groups excluding carboxylic acids is 1. The van der Waals surface area contributed by atoms with Gasteiger partial charge in [-0.05, 0) is 6.92 Å². The van der Waals surface area contributed by atoms with Crippen molar-refractivity contribution in [3.63, 3.8) is 0 Å². The molecule has 0 rings (SSSR count). The fraction of sp³-hybridized carbons (Fsp3) is 0.429. The molecule has 0 spiro atoms. The standard InChI is InChI=1S/C7H10O4/c1-5(7(9)10)3-4-6(8)11-2/h3H,4H2,1-2H3,(H,9,10). The summed E-state index contributed by atoms with van der Waals surface area (Å²) in [5, 5.41) is 8.35. The summed E-state index contributed by atoms with van der Waals surface area (Å²) in [6, 6.07) is 0. The van der Waals surface area contributed by atoms with Crippen LogP contribution in [0.2, 0.25) is 0 Å². The van der Waals surface area contributed by atoms with Crippen LogP contribution in [-0.4, -0.2) is 24.2 Å². The van der Waals surface area contributed by atoms with Crippen LogP contribution in [0.4, 0.5) is 0 Å². The Hall–Kier alpha value is -1.32. The quantitative estimate of drug-likeness (QED) is 0.482. The summed E-state index contributed by atoms with van der Waals surface area (Å²) in [7, 11) is 1.26. The summed E-state index contributed by atoms with van der Waals surface area (Å²) in [4.78, 5) is 20.7. The van der Waals surface area contributed by atoms with Crippen molar-refractivity contribution in [1.29, 1.82) is 0 Å². The Morgan fingerprint density at radius 2 is 2.09 bits per heavy atom. The van der Waals surface area contributed by atoms with Crippen molar-refractivity contribution in [2.75, 3.05) is 7.11 Å². The molecule has 0 saturated carbocycles.